The van der Waals surface area contributed by atoms with E-state index in [2.05, 4.69) is 0 Å². The number of rotatable bonds is 3. The minimum atomic E-state index is -1.83. The summed E-state index contributed by atoms with van der Waals surface area (Å²) in [4.78, 5) is 12.0. The molecule has 16 heavy (non-hydrogen) atoms. The maximum Gasteiger partial charge on any atom is 0.253 e. The average Bonchev–Trinajstić information content (AvgIpc) is 2.17. The molecule has 0 saturated carbocycles. The van der Waals surface area contributed by atoms with Gasteiger partial charge in [-0.1, -0.05) is 79.0 Å². The summed E-state index contributed by atoms with van der Waals surface area (Å²) in [5.74, 6) is 0. The summed E-state index contributed by atoms with van der Waals surface area (Å²) >= 11 is 17.0. The van der Waals surface area contributed by atoms with Gasteiger partial charge in [-0.3, -0.25) is 4.79 Å². The number of alkyl halides is 3. The Labute approximate surface area is 112 Å². The number of halogens is 3. The predicted octanol–water partition coefficient (Wildman–Crippen LogP) is 4.10. The fourth-order valence-corrected chi connectivity index (χ4v) is 4.26. The van der Waals surface area contributed by atoms with Gasteiger partial charge in [-0.25, -0.2) is 0 Å². The van der Waals surface area contributed by atoms with Crippen molar-refractivity contribution in [2.45, 2.75) is 23.3 Å². The van der Waals surface area contributed by atoms with E-state index in [1.807, 2.05) is 44.2 Å². The molecule has 1 rings (SSSR count). The Hall–Kier alpha value is 0.190. The van der Waals surface area contributed by atoms with Crippen molar-refractivity contribution in [2.75, 3.05) is 0 Å². The molecule has 0 amide bonds. The van der Waals surface area contributed by atoms with Crippen LogP contribution in [-0.4, -0.2) is 15.0 Å². The average molecular weight is 298 g/mol. The van der Waals surface area contributed by atoms with Crippen LogP contribution in [0.4, 0.5) is 0 Å². The first kappa shape index (κ1) is 14.3. The minimum absolute atomic E-state index is 0.153. The van der Waals surface area contributed by atoms with Crippen LogP contribution in [0.3, 0.4) is 0 Å². The molecule has 0 fully saturated rings. The van der Waals surface area contributed by atoms with Gasteiger partial charge in [-0.2, -0.15) is 0 Å². The monoisotopic (exact) mass is 296 g/mol. The van der Waals surface area contributed by atoms with E-state index in [1.165, 1.54) is 0 Å². The van der Waals surface area contributed by atoms with E-state index in [1.54, 1.807) is 0 Å². The molecule has 0 bridgehead atoms. The molecule has 1 aromatic carbocycles. The molecule has 5 heteroatoms. The molecule has 0 aliphatic heterocycles. The number of benzene rings is 1. The third kappa shape index (κ3) is 3.60. The van der Waals surface area contributed by atoms with Crippen molar-refractivity contribution in [3.05, 3.63) is 30.3 Å². The van der Waals surface area contributed by atoms with E-state index >= 15 is 0 Å². The summed E-state index contributed by atoms with van der Waals surface area (Å²) in [6.45, 7) is 3.93. The van der Waals surface area contributed by atoms with Crippen molar-refractivity contribution < 1.29 is 4.79 Å². The summed E-state index contributed by atoms with van der Waals surface area (Å²) in [7, 11) is -1.10. The van der Waals surface area contributed by atoms with Crippen LogP contribution >= 0.6 is 42.7 Å². The maximum absolute atomic E-state index is 12.0. The molecule has 1 aromatic rings. The lowest BCUT2D eigenvalue weighted by molar-refractivity contribution is -0.110. The van der Waals surface area contributed by atoms with Gasteiger partial charge in [0, 0.05) is 7.92 Å². The predicted molar refractivity (Wildman–Crippen MR) is 73.4 cm³/mol. The van der Waals surface area contributed by atoms with Crippen LogP contribution in [0.25, 0.3) is 0 Å². The van der Waals surface area contributed by atoms with Gasteiger partial charge in [0.1, 0.15) is 0 Å². The van der Waals surface area contributed by atoms with Crippen molar-refractivity contribution >= 4 is 53.6 Å². The van der Waals surface area contributed by atoms with Crippen LogP contribution in [-0.2, 0) is 4.79 Å². The first-order chi connectivity index (χ1) is 7.34. The molecule has 0 spiro atoms. The van der Waals surface area contributed by atoms with Crippen molar-refractivity contribution in [3.63, 3.8) is 0 Å². The van der Waals surface area contributed by atoms with Gasteiger partial charge in [-0.05, 0) is 11.0 Å². The smallest absolute Gasteiger partial charge is 0.253 e. The third-order valence-corrected chi connectivity index (χ3v) is 5.58. The van der Waals surface area contributed by atoms with E-state index in [0.29, 0.717) is 0 Å². The van der Waals surface area contributed by atoms with Crippen LogP contribution in [0.1, 0.15) is 13.8 Å². The number of carbonyl (C=O) groups is 1. The van der Waals surface area contributed by atoms with Crippen LogP contribution < -0.4 is 5.30 Å². The second kappa shape index (κ2) is 5.69. The Morgan fingerprint density at radius 3 is 2.06 bits per heavy atom. The molecule has 0 saturated heterocycles. The van der Waals surface area contributed by atoms with Crippen molar-refractivity contribution in [2.24, 2.45) is 0 Å². The number of hydrogen-bond acceptors (Lipinski definition) is 1. The Morgan fingerprint density at radius 1 is 1.19 bits per heavy atom. The van der Waals surface area contributed by atoms with Crippen molar-refractivity contribution in [1.29, 1.82) is 0 Å². The second-order valence-corrected chi connectivity index (χ2v) is 8.58. The van der Waals surface area contributed by atoms with Gasteiger partial charge in [0.05, 0.1) is 0 Å². The van der Waals surface area contributed by atoms with Crippen LogP contribution in [0.5, 0.6) is 0 Å². The number of hydrogen-bond donors (Lipinski definition) is 0. The lowest BCUT2D eigenvalue weighted by atomic mass is 10.4. The standard InChI is InChI=1S/C11H12Cl3OP/c1-8(2)16(10(15)11(12,13)14)9-6-4-3-5-7-9/h3-8H,1-2H3. The lowest BCUT2D eigenvalue weighted by Gasteiger charge is -2.23. The molecular weight excluding hydrogens is 285 g/mol. The summed E-state index contributed by atoms with van der Waals surface area (Å²) in [6, 6.07) is 9.48. The maximum atomic E-state index is 12.0. The van der Waals surface area contributed by atoms with Crippen LogP contribution in [0.15, 0.2) is 30.3 Å². The minimum Gasteiger partial charge on any atom is -0.289 e. The summed E-state index contributed by atoms with van der Waals surface area (Å²) < 4.78 is -1.83. The molecule has 88 valence electrons. The Kier molecular flexibility index (Phi) is 5.07. The topological polar surface area (TPSA) is 17.1 Å². The Bertz CT molecular complexity index is 359. The van der Waals surface area contributed by atoms with E-state index in [9.17, 15) is 4.79 Å². The van der Waals surface area contributed by atoms with E-state index in [0.717, 1.165) is 5.30 Å². The van der Waals surface area contributed by atoms with Gasteiger partial charge in [-0.15, -0.1) is 0 Å². The normalized spacial score (nSPS) is 13.9. The summed E-state index contributed by atoms with van der Waals surface area (Å²) in [6.07, 6.45) is 0. The highest BCUT2D eigenvalue weighted by Gasteiger charge is 2.38. The fraction of sp³-hybridized carbons (Fsp3) is 0.364. The van der Waals surface area contributed by atoms with E-state index < -0.39 is 11.7 Å². The van der Waals surface area contributed by atoms with Gasteiger partial charge >= 0.3 is 0 Å². The Morgan fingerprint density at radius 2 is 1.69 bits per heavy atom. The first-order valence-corrected chi connectivity index (χ1v) is 7.34. The van der Waals surface area contributed by atoms with Gasteiger partial charge in [0.25, 0.3) is 3.79 Å². The molecular formula is C11H12Cl3OP. The van der Waals surface area contributed by atoms with E-state index in [-0.39, 0.29) is 11.2 Å². The first-order valence-electron chi connectivity index (χ1n) is 4.79. The molecule has 0 heterocycles. The van der Waals surface area contributed by atoms with Crippen molar-refractivity contribution in [1.82, 2.24) is 0 Å². The second-order valence-electron chi connectivity index (χ2n) is 3.60. The Balaban J connectivity index is 3.07. The quantitative estimate of drug-likeness (QED) is 0.606. The molecule has 0 aromatic heterocycles. The summed E-state index contributed by atoms with van der Waals surface area (Å²) in [5, 5.41) is 0.948. The van der Waals surface area contributed by atoms with E-state index in [4.69, 9.17) is 34.8 Å². The molecule has 1 nitrogen and oxygen atoms in total. The largest absolute Gasteiger partial charge is 0.289 e. The van der Waals surface area contributed by atoms with Crippen LogP contribution in [0, 0.1) is 0 Å². The molecule has 0 aliphatic carbocycles. The number of carbonyl (C=O) groups excluding carboxylic acids is 1. The molecule has 1 atom stereocenters. The SMILES string of the molecule is CC(C)P(C(=O)C(Cl)(Cl)Cl)c1ccccc1. The zero-order valence-electron chi connectivity index (χ0n) is 8.95. The third-order valence-electron chi connectivity index (χ3n) is 2.01. The highest BCUT2D eigenvalue weighted by Crippen LogP contribution is 2.48. The molecule has 0 radical (unpaired) electrons. The lowest BCUT2D eigenvalue weighted by Crippen LogP contribution is -2.25. The fourth-order valence-electron chi connectivity index (χ4n) is 1.38. The van der Waals surface area contributed by atoms with Gasteiger partial charge in [0.15, 0.2) is 0 Å². The summed E-state index contributed by atoms with van der Waals surface area (Å²) in [5.41, 5.74) is -0.158. The highest BCUT2D eigenvalue weighted by molar-refractivity contribution is 7.83. The zero-order chi connectivity index (χ0) is 12.3. The molecule has 1 unspecified atom stereocenters. The molecule has 0 aliphatic rings. The van der Waals surface area contributed by atoms with Gasteiger partial charge < -0.3 is 0 Å². The zero-order valence-corrected chi connectivity index (χ0v) is 12.1. The highest BCUT2D eigenvalue weighted by atomic mass is 35.6. The van der Waals surface area contributed by atoms with Crippen LogP contribution in [0.2, 0.25) is 0 Å². The van der Waals surface area contributed by atoms with Crippen molar-refractivity contribution in [3.8, 4) is 0 Å². The molecule has 0 N–H and O–H groups in total. The van der Waals surface area contributed by atoms with Gasteiger partial charge in [0.2, 0.25) is 5.52 Å².